The van der Waals surface area contributed by atoms with Crippen LogP contribution in [0.1, 0.15) is 30.1 Å². The number of halogens is 1. The molecule has 1 unspecified atom stereocenters. The maximum Gasteiger partial charge on any atom is 0.260 e. The average Bonchev–Trinajstić information content (AvgIpc) is 2.66. The maximum atomic E-state index is 13.2. The fourth-order valence-corrected chi connectivity index (χ4v) is 3.53. The molecule has 1 aromatic heterocycles. The summed E-state index contributed by atoms with van der Waals surface area (Å²) in [4.78, 5) is 33.5. The summed E-state index contributed by atoms with van der Waals surface area (Å²) in [6, 6.07) is 10.1. The number of nitrogens with zero attached hydrogens (tertiary/aromatic N) is 3. The van der Waals surface area contributed by atoms with Gasteiger partial charge in [-0.05, 0) is 30.7 Å². The Bertz CT molecular complexity index is 865. The molecule has 2 aliphatic rings. The molecule has 3 heterocycles. The normalized spacial score (nSPS) is 19.3. The molecule has 7 heteroatoms. The topological polar surface area (TPSA) is 65.5 Å². The Morgan fingerprint density at radius 2 is 2.04 bits per heavy atom. The molecule has 0 aliphatic carbocycles. The zero-order chi connectivity index (χ0) is 19.0. The van der Waals surface area contributed by atoms with Crippen LogP contribution in [0.4, 0.5) is 21.6 Å². The number of carbonyl (C=O) groups excluding carboxylic acids is 2. The molecule has 0 spiro atoms. The van der Waals surface area contributed by atoms with Crippen LogP contribution in [-0.2, 0) is 4.79 Å². The lowest BCUT2D eigenvalue weighted by Crippen LogP contribution is -2.51. The van der Waals surface area contributed by atoms with Crippen molar-refractivity contribution in [1.82, 2.24) is 4.98 Å². The number of benzene rings is 1. The molecule has 27 heavy (non-hydrogen) atoms. The van der Waals surface area contributed by atoms with E-state index in [1.54, 1.807) is 23.1 Å². The van der Waals surface area contributed by atoms with Crippen molar-refractivity contribution >= 4 is 29.0 Å². The van der Waals surface area contributed by atoms with Crippen LogP contribution in [0, 0.1) is 0 Å². The summed E-state index contributed by atoms with van der Waals surface area (Å²) in [5.41, 5.74) is 1.72. The third-order valence-corrected chi connectivity index (χ3v) is 4.97. The molecule has 4 rings (SSSR count). The van der Waals surface area contributed by atoms with E-state index in [4.69, 9.17) is 0 Å². The number of anilines is 3. The first kappa shape index (κ1) is 17.5. The number of hydrogen-bond donors (Lipinski definition) is 1. The van der Waals surface area contributed by atoms with Crippen molar-refractivity contribution in [2.75, 3.05) is 28.2 Å². The quantitative estimate of drug-likeness (QED) is 0.901. The Kier molecular flexibility index (Phi) is 4.51. The van der Waals surface area contributed by atoms with Gasteiger partial charge >= 0.3 is 0 Å². The summed E-state index contributed by atoms with van der Waals surface area (Å²) in [6.45, 7) is 2.65. The minimum atomic E-state index is -0.814. The molecule has 1 fully saturated rings. The summed E-state index contributed by atoms with van der Waals surface area (Å²) in [5, 5.41) is 2.88. The summed E-state index contributed by atoms with van der Waals surface area (Å²) in [5.74, 6) is 0.215. The maximum absolute atomic E-state index is 13.2. The molecule has 1 aromatic carbocycles. The van der Waals surface area contributed by atoms with Crippen LogP contribution in [0.3, 0.4) is 0 Å². The standard InChI is InChI=1S/C20H21FN4O2/c1-2-5-17-19(26)23-15-6-3-4-7-16(15)25(17)20(27)13-8-9-18(22-10-13)24-11-14(21)12-24/h3-4,6-10,14,17H,2,5,11-12H2,1H3,(H,23,26). The number of rotatable bonds is 4. The van der Waals surface area contributed by atoms with Crippen molar-refractivity contribution in [2.24, 2.45) is 0 Å². The van der Waals surface area contributed by atoms with Crippen LogP contribution < -0.4 is 15.1 Å². The molecule has 2 amide bonds. The fourth-order valence-electron chi connectivity index (χ4n) is 3.53. The number of amides is 2. The van der Waals surface area contributed by atoms with E-state index in [0.29, 0.717) is 42.3 Å². The van der Waals surface area contributed by atoms with Crippen LogP contribution >= 0.6 is 0 Å². The number of alkyl halides is 1. The molecular formula is C20H21FN4O2. The smallest absolute Gasteiger partial charge is 0.260 e. The molecule has 0 bridgehead atoms. The summed E-state index contributed by atoms with van der Waals surface area (Å²) >= 11 is 0. The van der Waals surface area contributed by atoms with Crippen molar-refractivity contribution in [3.8, 4) is 0 Å². The Balaban J connectivity index is 1.65. The molecule has 140 valence electrons. The number of hydrogen-bond acceptors (Lipinski definition) is 4. The van der Waals surface area contributed by atoms with E-state index < -0.39 is 12.2 Å². The Labute approximate surface area is 157 Å². The molecule has 1 atom stereocenters. The van der Waals surface area contributed by atoms with Crippen LogP contribution in [0.2, 0.25) is 0 Å². The van der Waals surface area contributed by atoms with Crippen molar-refractivity contribution in [1.29, 1.82) is 0 Å². The highest BCUT2D eigenvalue weighted by molar-refractivity contribution is 6.16. The highest BCUT2D eigenvalue weighted by Crippen LogP contribution is 2.34. The Hall–Kier alpha value is -2.96. The lowest BCUT2D eigenvalue weighted by atomic mass is 10.0. The summed E-state index contributed by atoms with van der Waals surface area (Å²) in [7, 11) is 0. The number of nitrogens with one attached hydrogen (secondary N) is 1. The monoisotopic (exact) mass is 368 g/mol. The van der Waals surface area contributed by atoms with Gasteiger partial charge in [0.15, 0.2) is 0 Å². The molecule has 6 nitrogen and oxygen atoms in total. The number of carbonyl (C=O) groups is 2. The Morgan fingerprint density at radius 1 is 1.26 bits per heavy atom. The second kappa shape index (κ2) is 6.98. The van der Waals surface area contributed by atoms with Crippen molar-refractivity contribution in [2.45, 2.75) is 32.0 Å². The van der Waals surface area contributed by atoms with Crippen LogP contribution in [-0.4, -0.2) is 42.1 Å². The molecule has 1 N–H and O–H groups in total. The predicted octanol–water partition coefficient (Wildman–Crippen LogP) is 3.01. The van der Waals surface area contributed by atoms with Crippen molar-refractivity contribution < 1.29 is 14.0 Å². The van der Waals surface area contributed by atoms with E-state index in [-0.39, 0.29) is 11.8 Å². The number of fused-ring (bicyclic) bond motifs is 1. The molecule has 2 aromatic rings. The zero-order valence-corrected chi connectivity index (χ0v) is 15.1. The first-order valence-corrected chi connectivity index (χ1v) is 9.17. The van der Waals surface area contributed by atoms with Crippen LogP contribution in [0.15, 0.2) is 42.6 Å². The van der Waals surface area contributed by atoms with E-state index in [9.17, 15) is 14.0 Å². The van der Waals surface area contributed by atoms with E-state index in [0.717, 1.165) is 6.42 Å². The van der Waals surface area contributed by atoms with E-state index in [2.05, 4.69) is 10.3 Å². The van der Waals surface area contributed by atoms with Gasteiger partial charge in [-0.3, -0.25) is 14.5 Å². The third kappa shape index (κ3) is 3.13. The number of aromatic nitrogens is 1. The van der Waals surface area contributed by atoms with Crippen LogP contribution in [0.5, 0.6) is 0 Å². The van der Waals surface area contributed by atoms with Gasteiger partial charge < -0.3 is 10.2 Å². The van der Waals surface area contributed by atoms with Crippen molar-refractivity contribution in [3.05, 3.63) is 48.2 Å². The highest BCUT2D eigenvalue weighted by atomic mass is 19.1. The predicted molar refractivity (Wildman–Crippen MR) is 102 cm³/mol. The SMILES string of the molecule is CCCC1C(=O)Nc2ccccc2N1C(=O)c1ccc(N2CC(F)C2)nc1. The van der Waals surface area contributed by atoms with Gasteiger partial charge in [0, 0.05) is 6.20 Å². The number of pyridine rings is 1. The van der Waals surface area contributed by atoms with E-state index >= 15 is 0 Å². The first-order chi connectivity index (χ1) is 13.1. The average molecular weight is 368 g/mol. The van der Waals surface area contributed by atoms with Gasteiger partial charge in [0.1, 0.15) is 18.0 Å². The lowest BCUT2D eigenvalue weighted by Gasteiger charge is -2.37. The fraction of sp³-hybridized carbons (Fsp3) is 0.350. The second-order valence-corrected chi connectivity index (χ2v) is 6.89. The molecule has 2 aliphatic heterocycles. The second-order valence-electron chi connectivity index (χ2n) is 6.89. The van der Waals surface area contributed by atoms with Crippen molar-refractivity contribution in [3.63, 3.8) is 0 Å². The van der Waals surface area contributed by atoms with Gasteiger partial charge in [-0.25, -0.2) is 9.37 Å². The van der Waals surface area contributed by atoms with Gasteiger partial charge in [-0.1, -0.05) is 25.5 Å². The summed E-state index contributed by atoms with van der Waals surface area (Å²) in [6.07, 6.45) is 2.04. The molecule has 0 saturated carbocycles. The molecule has 0 radical (unpaired) electrons. The van der Waals surface area contributed by atoms with Gasteiger partial charge in [0.05, 0.1) is 30.0 Å². The number of para-hydroxylation sites is 2. The third-order valence-electron chi connectivity index (χ3n) is 4.97. The minimum Gasteiger partial charge on any atom is -0.351 e. The summed E-state index contributed by atoms with van der Waals surface area (Å²) < 4.78 is 13.0. The Morgan fingerprint density at radius 3 is 2.70 bits per heavy atom. The van der Waals surface area contributed by atoms with E-state index in [1.807, 2.05) is 30.0 Å². The van der Waals surface area contributed by atoms with Gasteiger partial charge in [-0.2, -0.15) is 0 Å². The minimum absolute atomic E-state index is 0.178. The lowest BCUT2D eigenvalue weighted by molar-refractivity contribution is -0.117. The van der Waals surface area contributed by atoms with E-state index in [1.165, 1.54) is 6.20 Å². The molecular weight excluding hydrogens is 347 g/mol. The van der Waals surface area contributed by atoms with Gasteiger partial charge in [0.2, 0.25) is 5.91 Å². The van der Waals surface area contributed by atoms with Gasteiger partial charge in [-0.15, -0.1) is 0 Å². The van der Waals surface area contributed by atoms with Crippen LogP contribution in [0.25, 0.3) is 0 Å². The first-order valence-electron chi connectivity index (χ1n) is 9.17. The molecule has 1 saturated heterocycles. The highest BCUT2D eigenvalue weighted by Gasteiger charge is 2.36. The largest absolute Gasteiger partial charge is 0.351 e. The van der Waals surface area contributed by atoms with Gasteiger partial charge in [0.25, 0.3) is 5.91 Å². The zero-order valence-electron chi connectivity index (χ0n) is 15.1.